The molecular formula is C27H31NO4. The molecule has 0 aliphatic rings. The smallest absolute Gasteiger partial charge is 0.227 e. The van der Waals surface area contributed by atoms with Gasteiger partial charge in [0.2, 0.25) is 11.7 Å². The third-order valence-electron chi connectivity index (χ3n) is 5.46. The Balaban J connectivity index is 1.76. The Bertz CT molecular complexity index is 921. The molecule has 0 saturated carbocycles. The summed E-state index contributed by atoms with van der Waals surface area (Å²) >= 11 is 0. The second-order valence-electron chi connectivity index (χ2n) is 7.56. The van der Waals surface area contributed by atoms with E-state index in [-0.39, 0.29) is 12.3 Å². The number of benzene rings is 3. The van der Waals surface area contributed by atoms with Crippen LogP contribution in [0, 0.1) is 0 Å². The van der Waals surface area contributed by atoms with E-state index in [2.05, 4.69) is 24.3 Å². The number of methoxy groups -OCH3 is 3. The number of nitrogens with zero attached hydrogens (tertiary/aromatic N) is 1. The van der Waals surface area contributed by atoms with Crippen LogP contribution >= 0.6 is 0 Å². The Morgan fingerprint density at radius 1 is 0.688 bits per heavy atom. The summed E-state index contributed by atoms with van der Waals surface area (Å²) in [5.41, 5.74) is 3.27. The molecule has 0 fully saturated rings. The fourth-order valence-electron chi connectivity index (χ4n) is 3.70. The van der Waals surface area contributed by atoms with E-state index in [0.29, 0.717) is 30.3 Å². The fourth-order valence-corrected chi connectivity index (χ4v) is 3.70. The first-order chi connectivity index (χ1) is 15.6. The number of hydrogen-bond donors (Lipinski definition) is 0. The Morgan fingerprint density at radius 2 is 1.16 bits per heavy atom. The third kappa shape index (κ3) is 6.27. The number of hydrogen-bond acceptors (Lipinski definition) is 4. The lowest BCUT2D eigenvalue weighted by Gasteiger charge is -2.23. The largest absolute Gasteiger partial charge is 0.493 e. The molecule has 5 nitrogen and oxygen atoms in total. The van der Waals surface area contributed by atoms with Gasteiger partial charge in [-0.05, 0) is 41.7 Å². The van der Waals surface area contributed by atoms with Crippen LogP contribution in [0.3, 0.4) is 0 Å². The van der Waals surface area contributed by atoms with Crippen LogP contribution in [0.15, 0.2) is 72.8 Å². The maximum absolute atomic E-state index is 13.3. The molecule has 0 radical (unpaired) electrons. The Hall–Kier alpha value is -3.47. The van der Waals surface area contributed by atoms with Crippen LogP contribution in [0.1, 0.15) is 16.7 Å². The van der Waals surface area contributed by atoms with Crippen LogP contribution in [0.4, 0.5) is 0 Å². The van der Waals surface area contributed by atoms with Crippen LogP contribution in [-0.2, 0) is 24.1 Å². The lowest BCUT2D eigenvalue weighted by Crippen LogP contribution is -2.35. The van der Waals surface area contributed by atoms with Crippen molar-refractivity contribution >= 4 is 5.91 Å². The van der Waals surface area contributed by atoms with Gasteiger partial charge in [-0.3, -0.25) is 4.79 Å². The van der Waals surface area contributed by atoms with E-state index in [9.17, 15) is 4.79 Å². The second kappa shape index (κ2) is 11.8. The number of ether oxygens (including phenoxy) is 3. The molecule has 1 amide bonds. The third-order valence-corrected chi connectivity index (χ3v) is 5.46. The molecule has 0 saturated heterocycles. The molecule has 0 spiro atoms. The zero-order valence-corrected chi connectivity index (χ0v) is 19.0. The van der Waals surface area contributed by atoms with Gasteiger partial charge in [-0.25, -0.2) is 0 Å². The van der Waals surface area contributed by atoms with Crippen LogP contribution in [0.2, 0.25) is 0 Å². The molecule has 0 aliphatic carbocycles. The summed E-state index contributed by atoms with van der Waals surface area (Å²) in [6.07, 6.45) is 1.90. The summed E-state index contributed by atoms with van der Waals surface area (Å²) in [6, 6.07) is 24.2. The Labute approximate surface area is 190 Å². The van der Waals surface area contributed by atoms with Crippen LogP contribution in [0.25, 0.3) is 0 Å². The minimum absolute atomic E-state index is 0.0751. The van der Waals surface area contributed by atoms with Gasteiger partial charge in [0.25, 0.3) is 0 Å². The van der Waals surface area contributed by atoms with Gasteiger partial charge in [-0.15, -0.1) is 0 Å². The van der Waals surface area contributed by atoms with E-state index in [1.54, 1.807) is 21.3 Å². The normalized spacial score (nSPS) is 10.5. The first-order valence-electron chi connectivity index (χ1n) is 10.8. The average Bonchev–Trinajstić information content (AvgIpc) is 2.84. The highest BCUT2D eigenvalue weighted by Crippen LogP contribution is 2.38. The predicted molar refractivity (Wildman–Crippen MR) is 127 cm³/mol. The molecule has 0 aromatic heterocycles. The zero-order valence-electron chi connectivity index (χ0n) is 19.0. The Morgan fingerprint density at radius 3 is 1.56 bits per heavy atom. The molecule has 0 aliphatic heterocycles. The molecule has 3 aromatic rings. The minimum Gasteiger partial charge on any atom is -0.493 e. The predicted octanol–water partition coefficient (Wildman–Crippen LogP) is 4.57. The lowest BCUT2D eigenvalue weighted by atomic mass is 10.1. The number of carbonyl (C=O) groups is 1. The topological polar surface area (TPSA) is 48.0 Å². The first-order valence-corrected chi connectivity index (χ1v) is 10.8. The maximum atomic E-state index is 13.3. The first kappa shape index (κ1) is 23.2. The average molecular weight is 434 g/mol. The standard InChI is InChI=1S/C27H31NO4/c1-30-24-18-23(19-25(31-2)27(24)32-3)20-26(29)28(16-14-21-10-6-4-7-11-21)17-15-22-12-8-5-9-13-22/h4-13,18-19H,14-17,20H2,1-3H3. The van der Waals surface area contributed by atoms with E-state index < -0.39 is 0 Å². The molecule has 0 atom stereocenters. The highest BCUT2D eigenvalue weighted by molar-refractivity contribution is 5.79. The summed E-state index contributed by atoms with van der Waals surface area (Å²) in [6.45, 7) is 1.33. The van der Waals surface area contributed by atoms with Crippen molar-refractivity contribution < 1.29 is 19.0 Å². The second-order valence-corrected chi connectivity index (χ2v) is 7.56. The molecule has 0 N–H and O–H groups in total. The minimum atomic E-state index is 0.0751. The molecule has 168 valence electrons. The van der Waals surface area contributed by atoms with Gasteiger partial charge in [0.1, 0.15) is 0 Å². The zero-order chi connectivity index (χ0) is 22.8. The summed E-state index contributed by atoms with van der Waals surface area (Å²) in [5.74, 6) is 1.70. The highest BCUT2D eigenvalue weighted by Gasteiger charge is 2.18. The fraction of sp³-hybridized carbons (Fsp3) is 0.296. The summed E-state index contributed by atoms with van der Waals surface area (Å²) in [5, 5.41) is 0. The lowest BCUT2D eigenvalue weighted by molar-refractivity contribution is -0.130. The van der Waals surface area contributed by atoms with Crippen molar-refractivity contribution in [3.8, 4) is 17.2 Å². The molecule has 5 heteroatoms. The highest BCUT2D eigenvalue weighted by atomic mass is 16.5. The van der Waals surface area contributed by atoms with Gasteiger partial charge in [0.05, 0.1) is 27.8 Å². The van der Waals surface area contributed by atoms with Gasteiger partial charge in [-0.1, -0.05) is 60.7 Å². The van der Waals surface area contributed by atoms with E-state index in [1.165, 1.54) is 11.1 Å². The summed E-state index contributed by atoms with van der Waals surface area (Å²) in [7, 11) is 4.73. The van der Waals surface area contributed by atoms with Crippen LogP contribution in [-0.4, -0.2) is 45.2 Å². The van der Waals surface area contributed by atoms with Gasteiger partial charge in [-0.2, -0.15) is 0 Å². The van der Waals surface area contributed by atoms with Crippen molar-refractivity contribution in [3.63, 3.8) is 0 Å². The Kier molecular flexibility index (Phi) is 8.55. The molecule has 0 unspecified atom stereocenters. The van der Waals surface area contributed by atoms with Crippen LogP contribution < -0.4 is 14.2 Å². The van der Waals surface area contributed by atoms with Crippen molar-refractivity contribution in [1.82, 2.24) is 4.90 Å². The summed E-state index contributed by atoms with van der Waals surface area (Å²) < 4.78 is 16.3. The van der Waals surface area contributed by atoms with Gasteiger partial charge in [0, 0.05) is 13.1 Å². The van der Waals surface area contributed by atoms with Gasteiger partial charge >= 0.3 is 0 Å². The number of rotatable bonds is 11. The number of amides is 1. The number of carbonyl (C=O) groups excluding carboxylic acids is 1. The van der Waals surface area contributed by atoms with Crippen LogP contribution in [0.5, 0.6) is 17.2 Å². The van der Waals surface area contributed by atoms with Crippen molar-refractivity contribution in [1.29, 1.82) is 0 Å². The molecule has 3 rings (SSSR count). The quantitative estimate of drug-likeness (QED) is 0.445. The molecule has 32 heavy (non-hydrogen) atoms. The van der Waals surface area contributed by atoms with E-state index in [0.717, 1.165) is 18.4 Å². The summed E-state index contributed by atoms with van der Waals surface area (Å²) in [4.78, 5) is 15.3. The molecule has 0 bridgehead atoms. The van der Waals surface area contributed by atoms with E-state index >= 15 is 0 Å². The maximum Gasteiger partial charge on any atom is 0.227 e. The molecule has 0 heterocycles. The monoisotopic (exact) mass is 433 g/mol. The van der Waals surface area contributed by atoms with E-state index in [1.807, 2.05) is 53.4 Å². The van der Waals surface area contributed by atoms with Crippen molar-refractivity contribution in [2.24, 2.45) is 0 Å². The molecular weight excluding hydrogens is 402 g/mol. The van der Waals surface area contributed by atoms with Crippen molar-refractivity contribution in [2.75, 3.05) is 34.4 Å². The SMILES string of the molecule is COc1cc(CC(=O)N(CCc2ccccc2)CCc2ccccc2)cc(OC)c1OC. The van der Waals surface area contributed by atoms with Gasteiger partial charge < -0.3 is 19.1 Å². The molecule has 3 aromatic carbocycles. The van der Waals surface area contributed by atoms with Gasteiger partial charge in [0.15, 0.2) is 11.5 Å². The van der Waals surface area contributed by atoms with E-state index in [4.69, 9.17) is 14.2 Å². The van der Waals surface area contributed by atoms with Crippen molar-refractivity contribution in [2.45, 2.75) is 19.3 Å². The van der Waals surface area contributed by atoms with Crippen molar-refractivity contribution in [3.05, 3.63) is 89.5 Å².